The molecule has 6 nitrogen and oxygen atoms in total. The predicted molar refractivity (Wildman–Crippen MR) is 64.8 cm³/mol. The Morgan fingerprint density at radius 2 is 2.17 bits per heavy atom. The van der Waals surface area contributed by atoms with Crippen LogP contribution in [0.1, 0.15) is 30.1 Å². The third kappa shape index (κ3) is 2.15. The first-order valence-corrected chi connectivity index (χ1v) is 6.09. The third-order valence-electron chi connectivity index (χ3n) is 2.77. The van der Waals surface area contributed by atoms with Crippen LogP contribution in [-0.4, -0.2) is 24.7 Å². The van der Waals surface area contributed by atoms with Crippen LogP contribution in [0.2, 0.25) is 5.15 Å². The minimum Gasteiger partial charge on any atom is -0.404 e. The summed E-state index contributed by atoms with van der Waals surface area (Å²) in [5.41, 5.74) is 0.702. The predicted octanol–water partition coefficient (Wildman–Crippen LogP) is 2.24. The topological polar surface area (TPSA) is 65.7 Å². The number of nitrogens with zero attached hydrogens (tertiary/aromatic N) is 5. The molecule has 2 aromatic rings. The van der Waals surface area contributed by atoms with Gasteiger partial charge in [0.2, 0.25) is 5.88 Å². The second-order valence-corrected chi connectivity index (χ2v) is 4.74. The van der Waals surface area contributed by atoms with Gasteiger partial charge in [0, 0.05) is 18.5 Å². The summed E-state index contributed by atoms with van der Waals surface area (Å²) in [7, 11) is 1.77. The van der Waals surface area contributed by atoms with Crippen molar-refractivity contribution in [2.24, 2.45) is 7.05 Å². The molecule has 3 rings (SSSR count). The molecular formula is C11H12ClN5O. The van der Waals surface area contributed by atoms with E-state index in [4.69, 9.17) is 16.3 Å². The van der Waals surface area contributed by atoms with Crippen molar-refractivity contribution in [3.63, 3.8) is 0 Å². The van der Waals surface area contributed by atoms with Gasteiger partial charge in [-0.05, 0) is 19.8 Å². The van der Waals surface area contributed by atoms with E-state index in [0.29, 0.717) is 22.5 Å². The van der Waals surface area contributed by atoms with Crippen molar-refractivity contribution < 1.29 is 4.74 Å². The average molecular weight is 266 g/mol. The SMILES string of the molecule is Cc1c(Cl)nc(C2CC2)nc1Oc1ncn(C)n1. The van der Waals surface area contributed by atoms with Gasteiger partial charge in [0.1, 0.15) is 17.3 Å². The molecule has 0 aliphatic heterocycles. The van der Waals surface area contributed by atoms with Crippen LogP contribution < -0.4 is 4.74 Å². The summed E-state index contributed by atoms with van der Waals surface area (Å²) in [6, 6.07) is 0.261. The van der Waals surface area contributed by atoms with E-state index in [0.717, 1.165) is 18.7 Å². The van der Waals surface area contributed by atoms with Crippen LogP contribution in [0, 0.1) is 6.92 Å². The molecule has 0 aromatic carbocycles. The van der Waals surface area contributed by atoms with Gasteiger partial charge in [-0.3, -0.25) is 4.68 Å². The minimum atomic E-state index is 0.261. The summed E-state index contributed by atoms with van der Waals surface area (Å²) in [6.45, 7) is 1.82. The second-order valence-electron chi connectivity index (χ2n) is 4.38. The first kappa shape index (κ1) is 11.4. The molecule has 94 valence electrons. The Hall–Kier alpha value is -1.69. The molecule has 1 fully saturated rings. The van der Waals surface area contributed by atoms with E-state index in [2.05, 4.69) is 20.1 Å². The van der Waals surface area contributed by atoms with Gasteiger partial charge in [-0.15, -0.1) is 5.10 Å². The Kier molecular flexibility index (Phi) is 2.66. The summed E-state index contributed by atoms with van der Waals surface area (Å²) in [6.07, 6.45) is 3.79. The molecule has 1 saturated carbocycles. The summed E-state index contributed by atoms with van der Waals surface area (Å²) >= 11 is 6.09. The molecule has 1 aliphatic rings. The van der Waals surface area contributed by atoms with Gasteiger partial charge in [0.15, 0.2) is 0 Å². The van der Waals surface area contributed by atoms with Gasteiger partial charge in [-0.25, -0.2) is 4.98 Å². The molecular weight excluding hydrogens is 254 g/mol. The number of halogens is 1. The maximum atomic E-state index is 6.09. The Bertz CT molecular complexity index is 593. The van der Waals surface area contributed by atoms with Crippen LogP contribution in [0.15, 0.2) is 6.33 Å². The van der Waals surface area contributed by atoms with Crippen LogP contribution in [0.25, 0.3) is 0 Å². The Morgan fingerprint density at radius 1 is 1.39 bits per heavy atom. The van der Waals surface area contributed by atoms with E-state index >= 15 is 0 Å². The molecule has 0 N–H and O–H groups in total. The summed E-state index contributed by atoms with van der Waals surface area (Å²) in [5.74, 6) is 1.60. The Labute approximate surface area is 109 Å². The number of aryl methyl sites for hydroxylation is 1. The fourth-order valence-electron chi connectivity index (χ4n) is 1.56. The van der Waals surface area contributed by atoms with Crippen molar-refractivity contribution in [3.8, 4) is 11.9 Å². The first-order valence-electron chi connectivity index (χ1n) is 5.71. The van der Waals surface area contributed by atoms with Crippen molar-refractivity contribution in [2.45, 2.75) is 25.7 Å². The van der Waals surface area contributed by atoms with E-state index < -0.39 is 0 Å². The van der Waals surface area contributed by atoms with E-state index in [-0.39, 0.29) is 6.01 Å². The highest BCUT2D eigenvalue weighted by molar-refractivity contribution is 6.30. The standard InChI is InChI=1S/C11H12ClN5O/c1-6-8(12)14-9(7-3-4-7)15-10(6)18-11-13-5-17(2)16-11/h5,7H,3-4H2,1-2H3. The number of aromatic nitrogens is 5. The molecule has 1 aliphatic carbocycles. The maximum absolute atomic E-state index is 6.09. The van der Waals surface area contributed by atoms with Gasteiger partial charge in [-0.1, -0.05) is 11.6 Å². The van der Waals surface area contributed by atoms with E-state index in [1.165, 1.54) is 0 Å². The monoisotopic (exact) mass is 265 g/mol. The molecule has 0 unspecified atom stereocenters. The second kappa shape index (κ2) is 4.20. The van der Waals surface area contributed by atoms with Crippen LogP contribution in [0.3, 0.4) is 0 Å². The van der Waals surface area contributed by atoms with Crippen molar-refractivity contribution in [1.82, 2.24) is 24.7 Å². The number of hydrogen-bond acceptors (Lipinski definition) is 5. The third-order valence-corrected chi connectivity index (χ3v) is 3.14. The fourth-order valence-corrected chi connectivity index (χ4v) is 1.73. The number of ether oxygens (including phenoxy) is 1. The van der Waals surface area contributed by atoms with Crippen LogP contribution in [0.4, 0.5) is 0 Å². The van der Waals surface area contributed by atoms with E-state index in [1.807, 2.05) is 6.92 Å². The Balaban J connectivity index is 1.94. The lowest BCUT2D eigenvalue weighted by Crippen LogP contribution is -2.01. The van der Waals surface area contributed by atoms with Gasteiger partial charge < -0.3 is 4.74 Å². The molecule has 2 heterocycles. The minimum absolute atomic E-state index is 0.261. The van der Waals surface area contributed by atoms with Crippen molar-refractivity contribution in [1.29, 1.82) is 0 Å². The van der Waals surface area contributed by atoms with Gasteiger partial charge in [-0.2, -0.15) is 9.97 Å². The van der Waals surface area contributed by atoms with E-state index in [9.17, 15) is 0 Å². The zero-order valence-corrected chi connectivity index (χ0v) is 10.8. The molecule has 18 heavy (non-hydrogen) atoms. The average Bonchev–Trinajstić information content (AvgIpc) is 3.10. The molecule has 7 heteroatoms. The lowest BCUT2D eigenvalue weighted by molar-refractivity contribution is 0.416. The van der Waals surface area contributed by atoms with Gasteiger partial charge in [0.05, 0.1) is 0 Å². The Morgan fingerprint density at radius 3 is 2.78 bits per heavy atom. The quantitative estimate of drug-likeness (QED) is 0.796. The molecule has 0 bridgehead atoms. The summed E-state index contributed by atoms with van der Waals surface area (Å²) in [5, 5.41) is 4.48. The van der Waals surface area contributed by atoms with Crippen LogP contribution in [-0.2, 0) is 7.05 Å². The normalized spacial score (nSPS) is 14.8. The molecule has 2 aromatic heterocycles. The largest absolute Gasteiger partial charge is 0.404 e. The molecule has 0 spiro atoms. The lowest BCUT2D eigenvalue weighted by Gasteiger charge is -2.07. The fraction of sp³-hybridized carbons (Fsp3) is 0.455. The van der Waals surface area contributed by atoms with Crippen LogP contribution >= 0.6 is 11.6 Å². The highest BCUT2D eigenvalue weighted by Gasteiger charge is 2.28. The number of rotatable bonds is 3. The first-order chi connectivity index (χ1) is 8.63. The lowest BCUT2D eigenvalue weighted by atomic mass is 10.3. The molecule has 0 radical (unpaired) electrons. The molecule has 0 amide bonds. The zero-order chi connectivity index (χ0) is 12.7. The van der Waals surface area contributed by atoms with Gasteiger partial charge in [0.25, 0.3) is 0 Å². The highest BCUT2D eigenvalue weighted by atomic mass is 35.5. The molecule has 0 atom stereocenters. The summed E-state index contributed by atoms with van der Waals surface area (Å²) < 4.78 is 7.12. The highest BCUT2D eigenvalue weighted by Crippen LogP contribution is 2.40. The van der Waals surface area contributed by atoms with Gasteiger partial charge >= 0.3 is 6.01 Å². The molecule has 0 saturated heterocycles. The summed E-state index contributed by atoms with van der Waals surface area (Å²) in [4.78, 5) is 12.7. The number of hydrogen-bond donors (Lipinski definition) is 0. The zero-order valence-electron chi connectivity index (χ0n) is 10.1. The maximum Gasteiger partial charge on any atom is 0.342 e. The van der Waals surface area contributed by atoms with Crippen molar-refractivity contribution >= 4 is 11.6 Å². The van der Waals surface area contributed by atoms with E-state index in [1.54, 1.807) is 18.1 Å². The van der Waals surface area contributed by atoms with Crippen molar-refractivity contribution in [2.75, 3.05) is 0 Å². The van der Waals surface area contributed by atoms with Crippen LogP contribution in [0.5, 0.6) is 11.9 Å². The smallest absolute Gasteiger partial charge is 0.342 e. The van der Waals surface area contributed by atoms with Crippen molar-refractivity contribution in [3.05, 3.63) is 22.9 Å².